The van der Waals surface area contributed by atoms with Crippen molar-refractivity contribution in [2.24, 2.45) is 0 Å². The number of nitrogens with two attached hydrogens (primary N) is 1. The second-order valence-corrected chi connectivity index (χ2v) is 11.0. The molecule has 0 bridgehead atoms. The standard InChI is InChI=1S/C29H26ClN5O4S2/c1-37-22-13-20(14-23(38-2)25(22)39-3)33-29-35-27(31)26(41-29)28-34-21(15-40-28)17-5-4-6-19(12-17)32-24(36)11-16-7-9-18(30)10-8-16/h4-10,12-15H,11,31H2,1-3H3,(H,32,36)(H,33,35). The van der Waals surface area contributed by atoms with E-state index in [0.717, 1.165) is 26.7 Å². The van der Waals surface area contributed by atoms with Crippen LogP contribution < -0.4 is 30.6 Å². The van der Waals surface area contributed by atoms with Gasteiger partial charge in [0.05, 0.1) is 33.4 Å². The lowest BCUT2D eigenvalue weighted by Gasteiger charge is -2.14. The molecule has 0 aliphatic rings. The number of nitrogen functional groups attached to an aromatic ring is 1. The van der Waals surface area contributed by atoms with Gasteiger partial charge in [0.2, 0.25) is 11.7 Å². The van der Waals surface area contributed by atoms with Crippen LogP contribution in [0.4, 0.5) is 22.3 Å². The monoisotopic (exact) mass is 607 g/mol. The minimum absolute atomic E-state index is 0.118. The van der Waals surface area contributed by atoms with Gasteiger partial charge in [-0.3, -0.25) is 4.79 Å². The first-order valence-corrected chi connectivity index (χ1v) is 14.4. The van der Waals surface area contributed by atoms with Gasteiger partial charge in [0.1, 0.15) is 15.7 Å². The highest BCUT2D eigenvalue weighted by Gasteiger charge is 2.18. The van der Waals surface area contributed by atoms with Gasteiger partial charge in [-0.2, -0.15) is 0 Å². The van der Waals surface area contributed by atoms with Gasteiger partial charge in [0.25, 0.3) is 0 Å². The Morgan fingerprint density at radius 3 is 2.37 bits per heavy atom. The van der Waals surface area contributed by atoms with Gasteiger partial charge >= 0.3 is 0 Å². The van der Waals surface area contributed by atoms with Crippen molar-refractivity contribution in [3.63, 3.8) is 0 Å². The van der Waals surface area contributed by atoms with E-state index in [1.807, 2.05) is 41.8 Å². The van der Waals surface area contributed by atoms with Crippen molar-refractivity contribution in [3.05, 3.63) is 76.6 Å². The predicted molar refractivity (Wildman–Crippen MR) is 166 cm³/mol. The zero-order valence-electron chi connectivity index (χ0n) is 22.4. The summed E-state index contributed by atoms with van der Waals surface area (Å²) < 4.78 is 16.3. The van der Waals surface area contributed by atoms with E-state index in [1.54, 1.807) is 45.6 Å². The number of carbonyl (C=O) groups excluding carboxylic acids is 1. The molecule has 5 rings (SSSR count). The van der Waals surface area contributed by atoms with Crippen molar-refractivity contribution < 1.29 is 19.0 Å². The Kier molecular flexibility index (Phi) is 8.58. The number of nitrogens with zero attached hydrogens (tertiary/aromatic N) is 2. The number of anilines is 4. The number of halogens is 1. The number of carbonyl (C=O) groups is 1. The van der Waals surface area contributed by atoms with Crippen LogP contribution in [-0.2, 0) is 11.2 Å². The number of aromatic nitrogens is 2. The second-order valence-electron chi connectivity index (χ2n) is 8.74. The van der Waals surface area contributed by atoms with Crippen LogP contribution in [0.3, 0.4) is 0 Å². The molecule has 0 saturated heterocycles. The third-order valence-electron chi connectivity index (χ3n) is 5.99. The number of nitrogens with one attached hydrogen (secondary N) is 2. The summed E-state index contributed by atoms with van der Waals surface area (Å²) in [5.41, 5.74) is 10.2. The van der Waals surface area contributed by atoms with Gasteiger partial charge in [-0.1, -0.05) is 47.2 Å². The Hall–Kier alpha value is -4.32. The van der Waals surface area contributed by atoms with Gasteiger partial charge in [-0.25, -0.2) is 9.97 Å². The van der Waals surface area contributed by atoms with Crippen LogP contribution in [0.25, 0.3) is 21.1 Å². The molecule has 12 heteroatoms. The molecule has 0 radical (unpaired) electrons. The lowest BCUT2D eigenvalue weighted by Crippen LogP contribution is -2.14. The fourth-order valence-corrected chi connectivity index (χ4v) is 6.03. The molecule has 5 aromatic rings. The van der Waals surface area contributed by atoms with E-state index >= 15 is 0 Å². The van der Waals surface area contributed by atoms with Gasteiger partial charge in [-0.05, 0) is 29.8 Å². The smallest absolute Gasteiger partial charge is 0.228 e. The van der Waals surface area contributed by atoms with Gasteiger partial charge in [-0.15, -0.1) is 11.3 Å². The van der Waals surface area contributed by atoms with Crippen LogP contribution in [0.15, 0.2) is 66.0 Å². The van der Waals surface area contributed by atoms with E-state index in [2.05, 4.69) is 15.6 Å². The summed E-state index contributed by atoms with van der Waals surface area (Å²) in [6.45, 7) is 0. The quantitative estimate of drug-likeness (QED) is 0.153. The molecular formula is C29H26ClN5O4S2. The molecule has 0 fully saturated rings. The maximum Gasteiger partial charge on any atom is 0.228 e. The Morgan fingerprint density at radius 2 is 1.68 bits per heavy atom. The van der Waals surface area contributed by atoms with Crippen molar-refractivity contribution in [2.45, 2.75) is 6.42 Å². The highest BCUT2D eigenvalue weighted by atomic mass is 35.5. The summed E-state index contributed by atoms with van der Waals surface area (Å²) in [4.78, 5) is 22.6. The van der Waals surface area contributed by atoms with E-state index in [0.29, 0.717) is 44.6 Å². The maximum absolute atomic E-state index is 12.6. The number of thiazole rings is 2. The van der Waals surface area contributed by atoms with Gasteiger partial charge in [0, 0.05) is 39.5 Å². The third-order valence-corrected chi connectivity index (χ3v) is 8.22. The van der Waals surface area contributed by atoms with E-state index in [9.17, 15) is 4.79 Å². The van der Waals surface area contributed by atoms with Crippen LogP contribution in [0.2, 0.25) is 5.02 Å². The minimum atomic E-state index is -0.118. The van der Waals surface area contributed by atoms with Crippen molar-refractivity contribution >= 4 is 62.5 Å². The molecule has 1 amide bonds. The molecule has 0 unspecified atom stereocenters. The third kappa shape index (κ3) is 6.54. The summed E-state index contributed by atoms with van der Waals surface area (Å²) in [6.07, 6.45) is 0.249. The molecule has 0 spiro atoms. The molecule has 210 valence electrons. The van der Waals surface area contributed by atoms with Gasteiger partial charge in [0.15, 0.2) is 16.6 Å². The summed E-state index contributed by atoms with van der Waals surface area (Å²) >= 11 is 8.79. The van der Waals surface area contributed by atoms with Crippen LogP contribution in [0.1, 0.15) is 5.56 Å². The zero-order chi connectivity index (χ0) is 28.9. The number of hydrogen-bond acceptors (Lipinski definition) is 10. The first-order valence-electron chi connectivity index (χ1n) is 12.3. The van der Waals surface area contributed by atoms with Crippen LogP contribution in [-0.4, -0.2) is 37.2 Å². The average Bonchev–Trinajstić information content (AvgIpc) is 3.60. The summed E-state index contributed by atoms with van der Waals surface area (Å²) in [5.74, 6) is 1.79. The summed E-state index contributed by atoms with van der Waals surface area (Å²) in [7, 11) is 4.68. The average molecular weight is 608 g/mol. The Labute approximate surface area is 249 Å². The van der Waals surface area contributed by atoms with Crippen LogP contribution >= 0.6 is 34.3 Å². The lowest BCUT2D eigenvalue weighted by atomic mass is 10.1. The van der Waals surface area contributed by atoms with E-state index in [1.165, 1.54) is 22.7 Å². The number of methoxy groups -OCH3 is 3. The van der Waals surface area contributed by atoms with E-state index < -0.39 is 0 Å². The molecule has 0 saturated carbocycles. The zero-order valence-corrected chi connectivity index (χ0v) is 24.7. The fraction of sp³-hybridized carbons (Fsp3) is 0.138. The van der Waals surface area contributed by atoms with Crippen molar-refractivity contribution in [2.75, 3.05) is 37.7 Å². The van der Waals surface area contributed by atoms with Crippen molar-refractivity contribution in [1.29, 1.82) is 0 Å². The van der Waals surface area contributed by atoms with E-state index in [4.69, 9.17) is 36.5 Å². The molecule has 0 atom stereocenters. The number of hydrogen-bond donors (Lipinski definition) is 3. The Morgan fingerprint density at radius 1 is 0.951 bits per heavy atom. The second kappa shape index (κ2) is 12.5. The molecule has 3 aromatic carbocycles. The number of ether oxygens (including phenoxy) is 3. The highest BCUT2D eigenvalue weighted by molar-refractivity contribution is 7.23. The van der Waals surface area contributed by atoms with Crippen LogP contribution in [0.5, 0.6) is 17.2 Å². The molecular weight excluding hydrogens is 582 g/mol. The molecule has 2 heterocycles. The summed E-state index contributed by atoms with van der Waals surface area (Å²) in [5, 5.41) is 10.1. The number of benzene rings is 3. The fourth-order valence-electron chi connectivity index (χ4n) is 4.08. The Bertz CT molecular complexity index is 1660. The van der Waals surface area contributed by atoms with Gasteiger partial charge < -0.3 is 30.6 Å². The van der Waals surface area contributed by atoms with Crippen molar-refractivity contribution in [3.8, 4) is 38.4 Å². The molecule has 0 aliphatic heterocycles. The van der Waals surface area contributed by atoms with Crippen LogP contribution in [0, 0.1) is 0 Å². The van der Waals surface area contributed by atoms with E-state index in [-0.39, 0.29) is 12.3 Å². The Balaban J connectivity index is 1.31. The largest absolute Gasteiger partial charge is 0.493 e. The lowest BCUT2D eigenvalue weighted by molar-refractivity contribution is -0.115. The number of rotatable bonds is 10. The number of amides is 1. The molecule has 0 aliphatic carbocycles. The van der Waals surface area contributed by atoms with Crippen molar-refractivity contribution in [1.82, 2.24) is 9.97 Å². The first-order chi connectivity index (χ1) is 19.9. The molecule has 41 heavy (non-hydrogen) atoms. The topological polar surface area (TPSA) is 121 Å². The SMILES string of the molecule is COc1cc(Nc2nc(N)c(-c3nc(-c4cccc(NC(=O)Cc5ccc(Cl)cc5)c4)cs3)s2)cc(OC)c1OC. The predicted octanol–water partition coefficient (Wildman–Crippen LogP) is 7.12. The summed E-state index contributed by atoms with van der Waals surface area (Å²) in [6, 6.07) is 18.4. The molecule has 4 N–H and O–H groups in total. The minimum Gasteiger partial charge on any atom is -0.493 e. The molecule has 9 nitrogen and oxygen atoms in total. The first kappa shape index (κ1) is 28.2. The normalized spacial score (nSPS) is 10.7. The molecule has 2 aromatic heterocycles. The highest BCUT2D eigenvalue weighted by Crippen LogP contribution is 2.43. The maximum atomic E-state index is 12.6.